The molecule has 0 saturated heterocycles. The van der Waals surface area contributed by atoms with Gasteiger partial charge in [0.1, 0.15) is 28.9 Å². The number of aliphatic carboxylic acids is 1. The van der Waals surface area contributed by atoms with Gasteiger partial charge in [0.25, 0.3) is 5.91 Å². The highest BCUT2D eigenvalue weighted by Gasteiger charge is 2.26. The molecule has 0 aliphatic carbocycles. The Labute approximate surface area is 258 Å². The summed E-state index contributed by atoms with van der Waals surface area (Å²) in [6.07, 6.45) is 6.10. The van der Waals surface area contributed by atoms with Crippen LogP contribution in [-0.2, 0) is 11.4 Å². The molecule has 2 aromatic carbocycles. The van der Waals surface area contributed by atoms with E-state index in [0.717, 1.165) is 58.6 Å². The van der Waals surface area contributed by atoms with Crippen LogP contribution in [0.4, 0.5) is 5.69 Å². The lowest BCUT2D eigenvalue weighted by molar-refractivity contribution is -0.137. The van der Waals surface area contributed by atoms with Crippen LogP contribution in [0.15, 0.2) is 65.2 Å². The Morgan fingerprint density at radius 3 is 2.56 bits per heavy atom. The van der Waals surface area contributed by atoms with Gasteiger partial charge in [0, 0.05) is 47.6 Å². The van der Waals surface area contributed by atoms with Crippen molar-refractivity contribution in [3.63, 3.8) is 0 Å². The maximum atomic E-state index is 12.8. The average Bonchev–Trinajstić information content (AvgIpc) is 3.33. The number of rotatable bonds is 15. The Morgan fingerprint density at radius 2 is 1.88 bits per heavy atom. The number of anilines is 1. The van der Waals surface area contributed by atoms with Gasteiger partial charge in [-0.3, -0.25) is 9.59 Å². The maximum Gasteiger partial charge on any atom is 0.305 e. The molecule has 2 unspecified atom stereocenters. The zero-order valence-corrected chi connectivity index (χ0v) is 26.0. The second-order valence-corrected chi connectivity index (χ2v) is 11.5. The molecule has 43 heavy (non-hydrogen) atoms. The summed E-state index contributed by atoms with van der Waals surface area (Å²) in [6, 6.07) is 16.7. The highest BCUT2D eigenvalue weighted by Crippen LogP contribution is 2.38. The van der Waals surface area contributed by atoms with E-state index in [9.17, 15) is 9.59 Å². The minimum Gasteiger partial charge on any atom is -0.489 e. The summed E-state index contributed by atoms with van der Waals surface area (Å²) in [6.45, 7) is 7.06. The molecule has 0 bridgehead atoms. The fourth-order valence-corrected chi connectivity index (χ4v) is 5.20. The third-order valence-corrected chi connectivity index (χ3v) is 7.94. The summed E-state index contributed by atoms with van der Waals surface area (Å²) >= 11 is 5.90. The van der Waals surface area contributed by atoms with E-state index < -0.39 is 5.97 Å². The number of amides is 1. The zero-order valence-electron chi connectivity index (χ0n) is 25.2. The van der Waals surface area contributed by atoms with Crippen molar-refractivity contribution >= 4 is 40.1 Å². The molecule has 4 rings (SSSR count). The van der Waals surface area contributed by atoms with Gasteiger partial charge in [0.05, 0.1) is 12.5 Å². The number of furan rings is 1. The third kappa shape index (κ3) is 8.51. The van der Waals surface area contributed by atoms with Gasteiger partial charge < -0.3 is 24.5 Å². The quantitative estimate of drug-likeness (QED) is 0.104. The number of carbonyl (C=O) groups excluding carboxylic acids is 1. The molecule has 9 heteroatoms. The third-order valence-electron chi connectivity index (χ3n) is 7.72. The summed E-state index contributed by atoms with van der Waals surface area (Å²) in [7, 11) is 1.61. The first kappa shape index (κ1) is 31.9. The molecule has 2 heterocycles. The van der Waals surface area contributed by atoms with Gasteiger partial charge in [-0.15, -0.1) is 0 Å². The predicted octanol–water partition coefficient (Wildman–Crippen LogP) is 8.28. The normalized spacial score (nSPS) is 12.6. The molecule has 8 nitrogen and oxygen atoms in total. The molecule has 0 radical (unpaired) electrons. The zero-order chi connectivity index (χ0) is 30.9. The highest BCUT2D eigenvalue weighted by molar-refractivity contribution is 6.29. The van der Waals surface area contributed by atoms with Crippen molar-refractivity contribution in [2.75, 3.05) is 18.9 Å². The fourth-order valence-electron chi connectivity index (χ4n) is 5.09. The molecular formula is C34H40ClN3O5. The molecule has 2 N–H and O–H groups in total. The summed E-state index contributed by atoms with van der Waals surface area (Å²) in [5.74, 6) is 0.759. The molecule has 228 valence electrons. The van der Waals surface area contributed by atoms with Gasteiger partial charge in [-0.1, -0.05) is 50.8 Å². The summed E-state index contributed by atoms with van der Waals surface area (Å²) in [4.78, 5) is 29.2. The lowest BCUT2D eigenvalue weighted by Crippen LogP contribution is -2.29. The van der Waals surface area contributed by atoms with Crippen LogP contribution in [-0.4, -0.2) is 40.5 Å². The van der Waals surface area contributed by atoms with Crippen molar-refractivity contribution in [1.82, 2.24) is 9.88 Å². The van der Waals surface area contributed by atoms with Crippen LogP contribution in [0.2, 0.25) is 5.15 Å². The average molecular weight is 606 g/mol. The monoisotopic (exact) mass is 605 g/mol. The molecule has 4 aromatic rings. The van der Waals surface area contributed by atoms with E-state index in [1.165, 1.54) is 11.3 Å². The Bertz CT molecular complexity index is 1520. The Kier molecular flexibility index (Phi) is 11.1. The van der Waals surface area contributed by atoms with E-state index in [2.05, 4.69) is 31.1 Å². The van der Waals surface area contributed by atoms with Crippen LogP contribution in [0, 0.1) is 12.8 Å². The predicted molar refractivity (Wildman–Crippen MR) is 170 cm³/mol. The first-order chi connectivity index (χ1) is 20.7. The lowest BCUT2D eigenvalue weighted by atomic mass is 9.91. The number of hydrogen-bond donors (Lipinski definition) is 2. The van der Waals surface area contributed by atoms with E-state index in [1.807, 2.05) is 36.4 Å². The highest BCUT2D eigenvalue weighted by atomic mass is 35.5. The molecule has 2 atom stereocenters. The van der Waals surface area contributed by atoms with Crippen molar-refractivity contribution < 1.29 is 23.8 Å². The molecule has 2 aromatic heterocycles. The van der Waals surface area contributed by atoms with Gasteiger partial charge >= 0.3 is 5.97 Å². The Hall–Kier alpha value is -4.04. The van der Waals surface area contributed by atoms with Crippen molar-refractivity contribution in [2.24, 2.45) is 5.92 Å². The fraction of sp³-hybridized carbons (Fsp3) is 0.382. The smallest absolute Gasteiger partial charge is 0.305 e. The van der Waals surface area contributed by atoms with Gasteiger partial charge in [-0.25, -0.2) is 4.98 Å². The van der Waals surface area contributed by atoms with E-state index in [0.29, 0.717) is 17.3 Å². The summed E-state index contributed by atoms with van der Waals surface area (Å²) in [5, 5.41) is 14.1. The van der Waals surface area contributed by atoms with Crippen molar-refractivity contribution in [3.8, 4) is 5.75 Å². The number of carboxylic acid groups (broad SMARTS) is 1. The first-order valence-electron chi connectivity index (χ1n) is 14.8. The topological polar surface area (TPSA) is 105 Å². The number of pyridine rings is 1. The lowest BCUT2D eigenvalue weighted by Gasteiger charge is -2.25. The number of hydrogen-bond acceptors (Lipinski definition) is 6. The van der Waals surface area contributed by atoms with Gasteiger partial charge in [0.15, 0.2) is 0 Å². The number of nitrogens with zero attached hydrogens (tertiary/aromatic N) is 2. The number of aryl methyl sites for hydroxylation is 1. The largest absolute Gasteiger partial charge is 0.489 e. The second kappa shape index (κ2) is 14.9. The molecule has 0 saturated carbocycles. The summed E-state index contributed by atoms with van der Waals surface area (Å²) < 4.78 is 12.5. The molecule has 1 amide bonds. The van der Waals surface area contributed by atoms with Crippen molar-refractivity contribution in [3.05, 3.63) is 88.4 Å². The van der Waals surface area contributed by atoms with Crippen LogP contribution in [0.25, 0.3) is 11.0 Å². The Morgan fingerprint density at radius 1 is 1.12 bits per heavy atom. The minimum atomic E-state index is -0.932. The van der Waals surface area contributed by atoms with Crippen LogP contribution in [0.5, 0.6) is 5.75 Å². The second-order valence-electron chi connectivity index (χ2n) is 11.1. The van der Waals surface area contributed by atoms with Crippen LogP contribution in [0.1, 0.15) is 79.2 Å². The number of benzene rings is 2. The SMILES string of the molecule is CCCCCC(C)C(Nc1ccc(C(=O)N(C)CCC(=O)O)cc1)c1oc2ccc(OCc3ccc(Cl)nc3)cc2c1C. The van der Waals surface area contributed by atoms with E-state index in [-0.39, 0.29) is 30.8 Å². The van der Waals surface area contributed by atoms with Crippen LogP contribution < -0.4 is 10.1 Å². The number of ether oxygens (including phenoxy) is 1. The maximum absolute atomic E-state index is 12.8. The van der Waals surface area contributed by atoms with Crippen LogP contribution in [0.3, 0.4) is 0 Å². The van der Waals surface area contributed by atoms with Crippen molar-refractivity contribution in [2.45, 2.75) is 65.5 Å². The van der Waals surface area contributed by atoms with E-state index >= 15 is 0 Å². The number of unbranched alkanes of at least 4 members (excludes halogenated alkanes) is 2. The molecule has 0 fully saturated rings. The Balaban J connectivity index is 1.55. The van der Waals surface area contributed by atoms with E-state index in [4.69, 9.17) is 25.9 Å². The number of carbonyl (C=O) groups is 2. The van der Waals surface area contributed by atoms with E-state index in [1.54, 1.807) is 31.4 Å². The summed E-state index contributed by atoms with van der Waals surface area (Å²) in [5.41, 5.74) is 4.16. The molecule has 0 spiro atoms. The number of fused-ring (bicyclic) bond motifs is 1. The number of carboxylic acids is 1. The van der Waals surface area contributed by atoms with Gasteiger partial charge in [0.2, 0.25) is 0 Å². The number of nitrogens with one attached hydrogen (secondary N) is 1. The first-order valence-corrected chi connectivity index (χ1v) is 15.1. The number of aromatic nitrogens is 1. The standard InChI is InChI=1S/C34H40ClN3O5/c1-5-6-7-8-22(2)32(37-26-12-10-25(11-13-26)34(41)38(4)18-17-31(39)40)33-23(3)28-19-27(14-15-29(28)43-33)42-21-24-9-16-30(35)36-20-24/h9-16,19-20,22,32,37H,5-8,17-18,21H2,1-4H3,(H,39,40). The molecular weight excluding hydrogens is 566 g/mol. The molecule has 0 aliphatic rings. The minimum absolute atomic E-state index is 0.0893. The van der Waals surface area contributed by atoms with Gasteiger partial charge in [-0.2, -0.15) is 0 Å². The number of halogens is 1. The van der Waals surface area contributed by atoms with Gasteiger partial charge in [-0.05, 0) is 67.8 Å². The molecule has 0 aliphatic heterocycles. The van der Waals surface area contributed by atoms with Crippen molar-refractivity contribution in [1.29, 1.82) is 0 Å². The van der Waals surface area contributed by atoms with Crippen LogP contribution >= 0.6 is 11.6 Å².